The van der Waals surface area contributed by atoms with Crippen LogP contribution in [-0.4, -0.2) is 26.8 Å². The Morgan fingerprint density at radius 3 is 2.52 bits per heavy atom. The lowest BCUT2D eigenvalue weighted by Crippen LogP contribution is -2.38. The summed E-state index contributed by atoms with van der Waals surface area (Å²) in [6.45, 7) is 7.72. The van der Waals surface area contributed by atoms with Gasteiger partial charge in [-0.3, -0.25) is 14.2 Å². The molecular formula is C24H28ClN3O2S. The van der Waals surface area contributed by atoms with Gasteiger partial charge in [-0.15, -0.1) is 0 Å². The van der Waals surface area contributed by atoms with Crippen LogP contribution < -0.4 is 10.9 Å². The van der Waals surface area contributed by atoms with Crippen molar-refractivity contribution in [3.05, 3.63) is 69.5 Å². The fourth-order valence-electron chi connectivity index (χ4n) is 3.36. The zero-order valence-corrected chi connectivity index (χ0v) is 19.8. The molecule has 3 rings (SSSR count). The summed E-state index contributed by atoms with van der Waals surface area (Å²) < 4.78 is 1.64. The second-order valence-electron chi connectivity index (χ2n) is 8.02. The van der Waals surface area contributed by atoms with E-state index in [0.29, 0.717) is 21.1 Å². The van der Waals surface area contributed by atoms with Crippen LogP contribution in [0.15, 0.2) is 58.5 Å². The predicted octanol–water partition coefficient (Wildman–Crippen LogP) is 5.25. The van der Waals surface area contributed by atoms with Gasteiger partial charge in [0.1, 0.15) is 0 Å². The number of carbonyl (C=O) groups excluding carboxylic acids is 1. The van der Waals surface area contributed by atoms with Gasteiger partial charge in [-0.05, 0) is 64.3 Å². The third kappa shape index (κ3) is 5.89. The van der Waals surface area contributed by atoms with E-state index >= 15 is 0 Å². The van der Waals surface area contributed by atoms with Crippen LogP contribution >= 0.6 is 23.4 Å². The molecule has 0 aliphatic rings. The number of aromatic nitrogens is 2. The van der Waals surface area contributed by atoms with Crippen LogP contribution in [0.1, 0.15) is 45.7 Å². The first-order valence-electron chi connectivity index (χ1n) is 10.5. The maximum Gasteiger partial charge on any atom is 0.262 e. The molecule has 0 saturated heterocycles. The molecule has 2 aromatic carbocycles. The molecule has 0 spiro atoms. The van der Waals surface area contributed by atoms with Crippen molar-refractivity contribution in [1.29, 1.82) is 0 Å². The van der Waals surface area contributed by atoms with Crippen LogP contribution in [0.25, 0.3) is 10.9 Å². The van der Waals surface area contributed by atoms with Gasteiger partial charge in [0.2, 0.25) is 5.91 Å². The highest BCUT2D eigenvalue weighted by molar-refractivity contribution is 8.00. The van der Waals surface area contributed by atoms with Crippen LogP contribution in [-0.2, 0) is 11.2 Å². The van der Waals surface area contributed by atoms with Crippen LogP contribution in [0.5, 0.6) is 0 Å². The first kappa shape index (κ1) is 23.4. The molecular weight excluding hydrogens is 430 g/mol. The summed E-state index contributed by atoms with van der Waals surface area (Å²) in [5.41, 5.74) is 1.68. The topological polar surface area (TPSA) is 64.0 Å². The Kier molecular flexibility index (Phi) is 7.79. The Morgan fingerprint density at radius 2 is 1.84 bits per heavy atom. The van der Waals surface area contributed by atoms with Crippen molar-refractivity contribution in [3.63, 3.8) is 0 Å². The van der Waals surface area contributed by atoms with Crippen LogP contribution in [0.2, 0.25) is 5.02 Å². The molecule has 7 heteroatoms. The number of thioether (sulfide) groups is 1. The molecule has 2 atom stereocenters. The highest BCUT2D eigenvalue weighted by Crippen LogP contribution is 2.26. The number of rotatable bonds is 8. The maximum absolute atomic E-state index is 13.0. The summed E-state index contributed by atoms with van der Waals surface area (Å²) in [5, 5.41) is 4.26. The molecule has 0 radical (unpaired) electrons. The van der Waals surface area contributed by atoms with Crippen molar-refractivity contribution < 1.29 is 4.79 Å². The average Bonchev–Trinajstić information content (AvgIpc) is 2.72. The first-order chi connectivity index (χ1) is 14.8. The smallest absolute Gasteiger partial charge is 0.262 e. The van der Waals surface area contributed by atoms with E-state index in [0.717, 1.165) is 12.8 Å². The van der Waals surface area contributed by atoms with Crippen molar-refractivity contribution >= 4 is 40.2 Å². The normalized spacial score (nSPS) is 13.4. The number of amides is 1. The fourth-order valence-corrected chi connectivity index (χ4v) is 4.58. The van der Waals surface area contributed by atoms with Crippen molar-refractivity contribution in [2.75, 3.05) is 0 Å². The zero-order chi connectivity index (χ0) is 22.5. The number of fused-ring (bicyclic) bond motifs is 1. The van der Waals surface area contributed by atoms with Crippen LogP contribution in [0.4, 0.5) is 0 Å². The minimum absolute atomic E-state index is 0.0476. The van der Waals surface area contributed by atoms with Crippen LogP contribution in [0, 0.1) is 0 Å². The lowest BCUT2D eigenvalue weighted by molar-refractivity contribution is -0.120. The Hall–Kier alpha value is -2.31. The molecule has 0 aliphatic carbocycles. The first-order valence-corrected chi connectivity index (χ1v) is 11.7. The van der Waals surface area contributed by atoms with E-state index in [9.17, 15) is 9.59 Å². The number of halogens is 1. The van der Waals surface area contributed by atoms with Crippen molar-refractivity contribution in [3.8, 4) is 0 Å². The lowest BCUT2D eigenvalue weighted by atomic mass is 10.1. The van der Waals surface area contributed by atoms with E-state index in [1.165, 1.54) is 17.3 Å². The van der Waals surface area contributed by atoms with E-state index < -0.39 is 5.25 Å². The Bertz CT molecular complexity index is 1120. The summed E-state index contributed by atoms with van der Waals surface area (Å²) >= 11 is 7.39. The molecule has 0 unspecified atom stereocenters. The number of hydrogen-bond acceptors (Lipinski definition) is 4. The summed E-state index contributed by atoms with van der Waals surface area (Å²) in [4.78, 5) is 30.5. The molecule has 0 bridgehead atoms. The molecule has 0 saturated carbocycles. The van der Waals surface area contributed by atoms with Gasteiger partial charge in [0, 0.05) is 17.1 Å². The number of carbonyl (C=O) groups is 1. The van der Waals surface area contributed by atoms with Gasteiger partial charge in [0.05, 0.1) is 16.2 Å². The predicted molar refractivity (Wildman–Crippen MR) is 129 cm³/mol. The number of aryl methyl sites for hydroxylation is 1. The molecule has 3 aromatic rings. The SMILES string of the molecule is CC(C)n1c(S[C@H](C)C(=O)N[C@@H](C)CCc2ccccc2)nc2cc(Cl)ccc2c1=O. The third-order valence-electron chi connectivity index (χ3n) is 5.10. The van der Waals surface area contributed by atoms with Crippen molar-refractivity contribution in [2.45, 2.75) is 63.0 Å². The molecule has 1 amide bonds. The molecule has 1 heterocycles. The molecule has 1 N–H and O–H groups in total. The number of benzene rings is 2. The van der Waals surface area contributed by atoms with E-state index in [-0.39, 0.29) is 23.6 Å². The fraction of sp³-hybridized carbons (Fsp3) is 0.375. The van der Waals surface area contributed by atoms with Gasteiger partial charge in [-0.2, -0.15) is 0 Å². The zero-order valence-electron chi connectivity index (χ0n) is 18.3. The number of nitrogens with one attached hydrogen (secondary N) is 1. The maximum atomic E-state index is 13.0. The Labute approximate surface area is 192 Å². The number of hydrogen-bond donors (Lipinski definition) is 1. The van der Waals surface area contributed by atoms with Gasteiger partial charge in [-0.1, -0.05) is 53.7 Å². The van der Waals surface area contributed by atoms with Crippen molar-refractivity contribution in [2.24, 2.45) is 0 Å². The van der Waals surface area contributed by atoms with Gasteiger partial charge >= 0.3 is 0 Å². The second kappa shape index (κ2) is 10.3. The molecule has 0 aliphatic heterocycles. The summed E-state index contributed by atoms with van der Waals surface area (Å²) in [5.74, 6) is -0.0682. The van der Waals surface area contributed by atoms with Gasteiger partial charge in [0.25, 0.3) is 5.56 Å². The van der Waals surface area contributed by atoms with Crippen LogP contribution in [0.3, 0.4) is 0 Å². The lowest BCUT2D eigenvalue weighted by Gasteiger charge is -2.20. The average molecular weight is 458 g/mol. The Morgan fingerprint density at radius 1 is 1.13 bits per heavy atom. The van der Waals surface area contributed by atoms with Gasteiger partial charge in [-0.25, -0.2) is 4.98 Å². The summed E-state index contributed by atoms with van der Waals surface area (Å²) in [7, 11) is 0. The number of nitrogens with zero attached hydrogens (tertiary/aromatic N) is 2. The molecule has 5 nitrogen and oxygen atoms in total. The minimum Gasteiger partial charge on any atom is -0.353 e. The standard InChI is InChI=1S/C24H28ClN3O2S/c1-15(2)28-23(30)20-13-12-19(25)14-21(20)27-24(28)31-17(4)22(29)26-16(3)10-11-18-8-6-5-7-9-18/h5-9,12-17H,10-11H2,1-4H3,(H,26,29)/t16-,17+/m0/s1. The molecule has 164 valence electrons. The highest BCUT2D eigenvalue weighted by atomic mass is 35.5. The Balaban J connectivity index is 1.72. The van der Waals surface area contributed by atoms with E-state index in [1.807, 2.05) is 45.9 Å². The minimum atomic E-state index is -0.396. The molecule has 0 fully saturated rings. The van der Waals surface area contributed by atoms with E-state index in [1.54, 1.807) is 22.8 Å². The molecule has 1 aromatic heterocycles. The monoisotopic (exact) mass is 457 g/mol. The summed E-state index contributed by atoms with van der Waals surface area (Å²) in [6.07, 6.45) is 1.76. The molecule has 31 heavy (non-hydrogen) atoms. The third-order valence-corrected chi connectivity index (χ3v) is 6.40. The van der Waals surface area contributed by atoms with E-state index in [4.69, 9.17) is 11.6 Å². The van der Waals surface area contributed by atoms with Gasteiger partial charge in [0.15, 0.2) is 5.16 Å². The summed E-state index contributed by atoms with van der Waals surface area (Å²) in [6, 6.07) is 15.3. The quantitative estimate of drug-likeness (QED) is 0.370. The van der Waals surface area contributed by atoms with Crippen molar-refractivity contribution in [1.82, 2.24) is 14.9 Å². The second-order valence-corrected chi connectivity index (χ2v) is 9.76. The van der Waals surface area contributed by atoms with E-state index in [2.05, 4.69) is 22.4 Å². The largest absolute Gasteiger partial charge is 0.353 e. The van der Waals surface area contributed by atoms with Gasteiger partial charge < -0.3 is 5.32 Å². The highest BCUT2D eigenvalue weighted by Gasteiger charge is 2.21.